The smallest absolute Gasteiger partial charge is 0.223 e. The van der Waals surface area contributed by atoms with Crippen LogP contribution in [0.1, 0.15) is 24.0 Å². The molecule has 2 aliphatic heterocycles. The van der Waals surface area contributed by atoms with E-state index in [0.717, 1.165) is 31.7 Å². The lowest BCUT2D eigenvalue weighted by Gasteiger charge is -2.16. The van der Waals surface area contributed by atoms with Crippen molar-refractivity contribution in [1.82, 2.24) is 5.32 Å². The summed E-state index contributed by atoms with van der Waals surface area (Å²) in [5, 5.41) is 3.45. The number of carbonyl (C=O) groups excluding carboxylic acids is 1. The first-order valence-corrected chi connectivity index (χ1v) is 5.88. The molecule has 0 aliphatic carbocycles. The Labute approximate surface area is 95.4 Å². The van der Waals surface area contributed by atoms with E-state index in [9.17, 15) is 4.79 Å². The fourth-order valence-corrected chi connectivity index (χ4v) is 2.90. The summed E-state index contributed by atoms with van der Waals surface area (Å²) in [6.45, 7) is 4.54. The highest BCUT2D eigenvalue weighted by atomic mass is 16.2. The molecule has 0 saturated carbocycles. The van der Waals surface area contributed by atoms with Gasteiger partial charge < -0.3 is 10.2 Å². The van der Waals surface area contributed by atoms with Gasteiger partial charge in [-0.25, -0.2) is 0 Å². The zero-order valence-electron chi connectivity index (χ0n) is 9.49. The SMILES string of the molecule is CC(=O)N1CC2CNCCc3cccc1c32. The molecule has 2 heterocycles. The van der Waals surface area contributed by atoms with Crippen molar-refractivity contribution in [3.63, 3.8) is 0 Å². The second-order valence-electron chi connectivity index (χ2n) is 4.63. The van der Waals surface area contributed by atoms with Gasteiger partial charge >= 0.3 is 0 Å². The summed E-state index contributed by atoms with van der Waals surface area (Å²) in [5.41, 5.74) is 3.96. The standard InChI is InChI=1S/C13H16N2O/c1-9(16)15-8-11-7-14-6-5-10-3-2-4-12(15)13(10)11/h2-4,11,14H,5-8H2,1H3. The van der Waals surface area contributed by atoms with E-state index in [0.29, 0.717) is 5.92 Å². The Morgan fingerprint density at radius 3 is 3.19 bits per heavy atom. The Hall–Kier alpha value is -1.35. The predicted molar refractivity (Wildman–Crippen MR) is 63.8 cm³/mol. The number of hydrogen-bond acceptors (Lipinski definition) is 2. The Kier molecular flexibility index (Phi) is 2.21. The number of benzene rings is 1. The first-order chi connectivity index (χ1) is 7.77. The molecule has 16 heavy (non-hydrogen) atoms. The molecular weight excluding hydrogens is 200 g/mol. The van der Waals surface area contributed by atoms with Crippen molar-refractivity contribution in [1.29, 1.82) is 0 Å². The molecule has 1 aromatic carbocycles. The van der Waals surface area contributed by atoms with Gasteiger partial charge in [-0.15, -0.1) is 0 Å². The van der Waals surface area contributed by atoms with Crippen molar-refractivity contribution in [2.24, 2.45) is 0 Å². The van der Waals surface area contributed by atoms with E-state index in [-0.39, 0.29) is 5.91 Å². The van der Waals surface area contributed by atoms with Crippen molar-refractivity contribution in [2.45, 2.75) is 19.3 Å². The summed E-state index contributed by atoms with van der Waals surface area (Å²) in [6.07, 6.45) is 1.07. The third kappa shape index (κ3) is 1.35. The van der Waals surface area contributed by atoms with E-state index in [1.165, 1.54) is 11.1 Å². The van der Waals surface area contributed by atoms with Crippen molar-refractivity contribution >= 4 is 11.6 Å². The molecule has 0 radical (unpaired) electrons. The van der Waals surface area contributed by atoms with Crippen LogP contribution < -0.4 is 10.2 Å². The van der Waals surface area contributed by atoms with Crippen LogP contribution in [-0.4, -0.2) is 25.5 Å². The summed E-state index contributed by atoms with van der Waals surface area (Å²) in [6, 6.07) is 6.34. The molecule has 3 rings (SSSR count). The normalized spacial score (nSPS) is 22.8. The molecule has 3 heteroatoms. The number of nitrogens with zero attached hydrogens (tertiary/aromatic N) is 1. The van der Waals surface area contributed by atoms with Gasteiger partial charge in [-0.05, 0) is 30.2 Å². The molecule has 3 nitrogen and oxygen atoms in total. The van der Waals surface area contributed by atoms with Crippen LogP contribution >= 0.6 is 0 Å². The van der Waals surface area contributed by atoms with E-state index in [4.69, 9.17) is 0 Å². The summed E-state index contributed by atoms with van der Waals surface area (Å²) in [7, 11) is 0. The maximum absolute atomic E-state index is 11.6. The highest BCUT2D eigenvalue weighted by Crippen LogP contribution is 2.39. The number of amides is 1. The lowest BCUT2D eigenvalue weighted by atomic mass is 9.96. The van der Waals surface area contributed by atoms with Gasteiger partial charge in [0.1, 0.15) is 0 Å². The van der Waals surface area contributed by atoms with Crippen LogP contribution in [0.4, 0.5) is 5.69 Å². The minimum absolute atomic E-state index is 0.154. The summed E-state index contributed by atoms with van der Waals surface area (Å²) in [4.78, 5) is 13.5. The molecule has 1 amide bonds. The average molecular weight is 216 g/mol. The Balaban J connectivity index is 2.13. The van der Waals surface area contributed by atoms with Gasteiger partial charge in [0.25, 0.3) is 0 Å². The topological polar surface area (TPSA) is 32.3 Å². The molecular formula is C13H16N2O. The number of carbonyl (C=O) groups is 1. The highest BCUT2D eigenvalue weighted by Gasteiger charge is 2.33. The number of hydrogen-bond donors (Lipinski definition) is 1. The summed E-state index contributed by atoms with van der Waals surface area (Å²) >= 11 is 0. The average Bonchev–Trinajstić information content (AvgIpc) is 2.51. The van der Waals surface area contributed by atoms with Crippen LogP contribution in [0, 0.1) is 0 Å². The van der Waals surface area contributed by atoms with Crippen molar-refractivity contribution in [3.05, 3.63) is 29.3 Å². The molecule has 1 atom stereocenters. The second-order valence-corrected chi connectivity index (χ2v) is 4.63. The molecule has 2 aliphatic rings. The largest absolute Gasteiger partial charge is 0.316 e. The maximum atomic E-state index is 11.6. The molecule has 1 N–H and O–H groups in total. The minimum Gasteiger partial charge on any atom is -0.316 e. The molecule has 0 fully saturated rings. The molecule has 1 aromatic rings. The molecule has 0 aromatic heterocycles. The van der Waals surface area contributed by atoms with Gasteiger partial charge in [-0.1, -0.05) is 12.1 Å². The third-order valence-electron chi connectivity index (χ3n) is 3.62. The Bertz CT molecular complexity index is 442. The number of rotatable bonds is 0. The monoisotopic (exact) mass is 216 g/mol. The van der Waals surface area contributed by atoms with Crippen LogP contribution in [-0.2, 0) is 11.2 Å². The third-order valence-corrected chi connectivity index (χ3v) is 3.62. The summed E-state index contributed by atoms with van der Waals surface area (Å²) in [5.74, 6) is 0.638. The first-order valence-electron chi connectivity index (χ1n) is 5.88. The van der Waals surface area contributed by atoms with Crippen LogP contribution in [0.15, 0.2) is 18.2 Å². The van der Waals surface area contributed by atoms with Gasteiger partial charge in [0.15, 0.2) is 0 Å². The van der Waals surface area contributed by atoms with E-state index in [1.54, 1.807) is 6.92 Å². The molecule has 0 spiro atoms. The zero-order valence-corrected chi connectivity index (χ0v) is 9.49. The second kappa shape index (κ2) is 3.59. The van der Waals surface area contributed by atoms with Crippen molar-refractivity contribution in [2.75, 3.05) is 24.5 Å². The fourth-order valence-electron chi connectivity index (χ4n) is 2.90. The van der Waals surface area contributed by atoms with Gasteiger partial charge in [0.2, 0.25) is 5.91 Å². The van der Waals surface area contributed by atoms with Crippen molar-refractivity contribution in [3.8, 4) is 0 Å². The van der Waals surface area contributed by atoms with E-state index in [1.807, 2.05) is 4.90 Å². The Morgan fingerprint density at radius 2 is 2.38 bits per heavy atom. The van der Waals surface area contributed by atoms with Crippen LogP contribution in [0.2, 0.25) is 0 Å². The van der Waals surface area contributed by atoms with Crippen LogP contribution in [0.25, 0.3) is 0 Å². The minimum atomic E-state index is 0.154. The predicted octanol–water partition coefficient (Wildman–Crippen LogP) is 1.28. The van der Waals surface area contributed by atoms with Gasteiger partial charge in [0, 0.05) is 31.6 Å². The lowest BCUT2D eigenvalue weighted by Crippen LogP contribution is -2.30. The van der Waals surface area contributed by atoms with Crippen molar-refractivity contribution < 1.29 is 4.79 Å². The maximum Gasteiger partial charge on any atom is 0.223 e. The van der Waals surface area contributed by atoms with E-state index < -0.39 is 0 Å². The fraction of sp³-hybridized carbons (Fsp3) is 0.462. The van der Waals surface area contributed by atoms with Crippen LogP contribution in [0.3, 0.4) is 0 Å². The van der Waals surface area contributed by atoms with Gasteiger partial charge in [0.05, 0.1) is 0 Å². The number of nitrogens with one attached hydrogen (secondary N) is 1. The molecule has 1 unspecified atom stereocenters. The Morgan fingerprint density at radius 1 is 1.50 bits per heavy atom. The van der Waals surface area contributed by atoms with Gasteiger partial charge in [-0.2, -0.15) is 0 Å². The molecule has 84 valence electrons. The van der Waals surface area contributed by atoms with E-state index >= 15 is 0 Å². The number of anilines is 1. The van der Waals surface area contributed by atoms with Crippen LogP contribution in [0.5, 0.6) is 0 Å². The highest BCUT2D eigenvalue weighted by molar-refractivity contribution is 5.94. The zero-order chi connectivity index (χ0) is 11.1. The first kappa shape index (κ1) is 9.85. The lowest BCUT2D eigenvalue weighted by molar-refractivity contribution is -0.116. The summed E-state index contributed by atoms with van der Waals surface area (Å²) < 4.78 is 0. The quantitative estimate of drug-likeness (QED) is 0.708. The van der Waals surface area contributed by atoms with Gasteiger partial charge in [-0.3, -0.25) is 4.79 Å². The molecule has 0 saturated heterocycles. The van der Waals surface area contributed by atoms with E-state index in [2.05, 4.69) is 23.5 Å². The molecule has 0 bridgehead atoms.